The maximum atomic E-state index is 13.3. The van der Waals surface area contributed by atoms with Gasteiger partial charge in [0.05, 0.1) is 18.4 Å². The van der Waals surface area contributed by atoms with Crippen LogP contribution in [0.4, 0.5) is 5.69 Å². The SMILES string of the molecule is O=C1NC(=S)N(c2cccc(Br)c2)C(=O)/C1=C/c1cc(I)c(OCc2ccc(C(=O)O)cc2)c(I)c1. The number of carboxylic acids is 1. The number of hydrogen-bond acceptors (Lipinski definition) is 5. The highest BCUT2D eigenvalue weighted by Gasteiger charge is 2.34. The van der Waals surface area contributed by atoms with Crippen LogP contribution >= 0.6 is 73.3 Å². The van der Waals surface area contributed by atoms with E-state index in [1.165, 1.54) is 23.1 Å². The van der Waals surface area contributed by atoms with E-state index in [1.54, 1.807) is 30.3 Å². The molecule has 0 bridgehead atoms. The van der Waals surface area contributed by atoms with Crippen LogP contribution in [0.3, 0.4) is 0 Å². The summed E-state index contributed by atoms with van der Waals surface area (Å²) in [5.41, 5.74) is 2.19. The third-order valence-corrected chi connectivity index (χ3v) is 7.46. The van der Waals surface area contributed by atoms with E-state index in [1.807, 2.05) is 18.2 Å². The Bertz CT molecular complexity index is 1420. The minimum atomic E-state index is -0.983. The molecule has 7 nitrogen and oxygen atoms in total. The molecule has 0 spiro atoms. The normalized spacial score (nSPS) is 14.7. The first-order valence-corrected chi connectivity index (χ1v) is 13.6. The lowest BCUT2D eigenvalue weighted by molar-refractivity contribution is -0.122. The zero-order valence-electron chi connectivity index (χ0n) is 18.1. The van der Waals surface area contributed by atoms with Gasteiger partial charge in [-0.15, -0.1) is 0 Å². The molecule has 0 unspecified atom stereocenters. The lowest BCUT2D eigenvalue weighted by atomic mass is 10.1. The third kappa shape index (κ3) is 5.95. The van der Waals surface area contributed by atoms with Gasteiger partial charge in [-0.3, -0.25) is 19.8 Å². The molecular weight excluding hydrogens is 774 g/mol. The number of carbonyl (C=O) groups is 3. The minimum absolute atomic E-state index is 0.0181. The Hall–Kier alpha value is -2.36. The van der Waals surface area contributed by atoms with Crippen molar-refractivity contribution in [1.82, 2.24) is 5.32 Å². The van der Waals surface area contributed by atoms with Gasteiger partial charge in [0.2, 0.25) is 0 Å². The zero-order chi connectivity index (χ0) is 26.0. The molecule has 1 aliphatic rings. The highest BCUT2D eigenvalue weighted by atomic mass is 127. The van der Waals surface area contributed by atoms with Crippen LogP contribution in [-0.4, -0.2) is 28.0 Å². The van der Waals surface area contributed by atoms with Crippen LogP contribution in [0.15, 0.2) is 70.7 Å². The Kier molecular flexibility index (Phi) is 8.42. The molecule has 3 aromatic rings. The lowest BCUT2D eigenvalue weighted by Gasteiger charge is -2.29. The summed E-state index contributed by atoms with van der Waals surface area (Å²) in [7, 11) is 0. The van der Waals surface area contributed by atoms with Gasteiger partial charge in [-0.25, -0.2) is 4.79 Å². The fourth-order valence-electron chi connectivity index (χ4n) is 3.37. The van der Waals surface area contributed by atoms with Gasteiger partial charge in [0.15, 0.2) is 5.11 Å². The van der Waals surface area contributed by atoms with Crippen LogP contribution in [-0.2, 0) is 16.2 Å². The summed E-state index contributed by atoms with van der Waals surface area (Å²) < 4.78 is 8.33. The quantitative estimate of drug-likeness (QED) is 0.143. The predicted octanol–water partition coefficient (Wildman–Crippen LogP) is 5.77. The number of rotatable bonds is 6. The standard InChI is InChI=1S/C25H15BrI2N2O5S/c26-16-2-1-3-17(11-16)30-23(32)18(22(31)29-25(30)36)8-14-9-19(27)21(20(28)10-14)35-12-13-4-6-15(7-5-13)24(33)34/h1-11H,12H2,(H,33,34)(H,29,31,36)/b18-8+. The van der Waals surface area contributed by atoms with E-state index < -0.39 is 17.8 Å². The first-order valence-electron chi connectivity index (χ1n) is 10.2. The van der Waals surface area contributed by atoms with Gasteiger partial charge < -0.3 is 9.84 Å². The Balaban J connectivity index is 1.57. The number of nitrogens with one attached hydrogen (secondary N) is 1. The molecule has 1 fully saturated rings. The summed E-state index contributed by atoms with van der Waals surface area (Å²) >= 11 is 12.9. The summed E-state index contributed by atoms with van der Waals surface area (Å²) in [5, 5.41) is 11.6. The molecule has 36 heavy (non-hydrogen) atoms. The number of halogens is 3. The number of thiocarbonyl (C=S) groups is 1. The number of amides is 2. The molecule has 182 valence electrons. The van der Waals surface area contributed by atoms with Crippen molar-refractivity contribution in [2.45, 2.75) is 6.61 Å². The number of ether oxygens (including phenoxy) is 1. The van der Waals surface area contributed by atoms with E-state index in [-0.39, 0.29) is 22.9 Å². The van der Waals surface area contributed by atoms with Crippen molar-refractivity contribution in [1.29, 1.82) is 0 Å². The Labute approximate surface area is 247 Å². The van der Waals surface area contributed by atoms with Crippen LogP contribution in [0.25, 0.3) is 6.08 Å². The number of aromatic carboxylic acids is 1. The van der Waals surface area contributed by atoms with Crippen LogP contribution in [0.2, 0.25) is 0 Å². The van der Waals surface area contributed by atoms with Gasteiger partial charge in [0.25, 0.3) is 11.8 Å². The monoisotopic (exact) mass is 788 g/mol. The average Bonchev–Trinajstić information content (AvgIpc) is 2.81. The van der Waals surface area contributed by atoms with E-state index in [2.05, 4.69) is 66.4 Å². The fourth-order valence-corrected chi connectivity index (χ4v) is 6.17. The van der Waals surface area contributed by atoms with Crippen molar-refractivity contribution >= 4 is 108 Å². The average molecular weight is 789 g/mol. The van der Waals surface area contributed by atoms with Gasteiger partial charge in [-0.05, 0) is 117 Å². The number of hydrogen-bond donors (Lipinski definition) is 2. The number of carboxylic acid groups (broad SMARTS) is 1. The van der Waals surface area contributed by atoms with Gasteiger partial charge in [0, 0.05) is 4.47 Å². The molecule has 0 aliphatic carbocycles. The second-order valence-corrected chi connectivity index (χ2v) is 11.2. The number of anilines is 1. The summed E-state index contributed by atoms with van der Waals surface area (Å²) in [6.07, 6.45) is 1.53. The van der Waals surface area contributed by atoms with E-state index >= 15 is 0 Å². The molecule has 3 aromatic carbocycles. The van der Waals surface area contributed by atoms with Crippen LogP contribution in [0.5, 0.6) is 5.75 Å². The molecule has 2 N–H and O–H groups in total. The number of nitrogens with zero attached hydrogens (tertiary/aromatic N) is 1. The molecule has 1 heterocycles. The molecule has 4 rings (SSSR count). The molecular formula is C25H15BrI2N2O5S. The van der Waals surface area contributed by atoms with Crippen molar-refractivity contribution in [3.05, 3.63) is 94.5 Å². The molecule has 0 atom stereocenters. The maximum Gasteiger partial charge on any atom is 0.335 e. The highest BCUT2D eigenvalue weighted by Crippen LogP contribution is 2.31. The molecule has 0 saturated carbocycles. The lowest BCUT2D eigenvalue weighted by Crippen LogP contribution is -2.54. The molecule has 0 radical (unpaired) electrons. The maximum absolute atomic E-state index is 13.3. The summed E-state index contributed by atoms with van der Waals surface area (Å²) in [5.74, 6) is -1.41. The highest BCUT2D eigenvalue weighted by molar-refractivity contribution is 14.1. The van der Waals surface area contributed by atoms with E-state index in [4.69, 9.17) is 22.1 Å². The van der Waals surface area contributed by atoms with Crippen molar-refractivity contribution in [3.8, 4) is 5.75 Å². The van der Waals surface area contributed by atoms with Crippen molar-refractivity contribution in [2.75, 3.05) is 4.90 Å². The number of benzene rings is 3. The van der Waals surface area contributed by atoms with Gasteiger partial charge in [-0.1, -0.05) is 34.1 Å². The molecule has 1 aliphatic heterocycles. The van der Waals surface area contributed by atoms with Crippen molar-refractivity contribution in [2.24, 2.45) is 0 Å². The smallest absolute Gasteiger partial charge is 0.335 e. The second-order valence-electron chi connectivity index (χ2n) is 7.54. The van der Waals surface area contributed by atoms with E-state index in [0.29, 0.717) is 17.0 Å². The Morgan fingerprint density at radius 1 is 1.08 bits per heavy atom. The number of carbonyl (C=O) groups excluding carboxylic acids is 2. The van der Waals surface area contributed by atoms with Gasteiger partial charge >= 0.3 is 5.97 Å². The molecule has 11 heteroatoms. The van der Waals surface area contributed by atoms with Gasteiger partial charge in [-0.2, -0.15) is 0 Å². The topological polar surface area (TPSA) is 95.9 Å². The summed E-state index contributed by atoms with van der Waals surface area (Å²) in [6.45, 7) is 0.256. The summed E-state index contributed by atoms with van der Waals surface area (Å²) in [4.78, 5) is 38.2. The largest absolute Gasteiger partial charge is 0.487 e. The minimum Gasteiger partial charge on any atom is -0.487 e. The first-order chi connectivity index (χ1) is 17.1. The van der Waals surface area contributed by atoms with E-state index in [9.17, 15) is 14.4 Å². The van der Waals surface area contributed by atoms with Crippen molar-refractivity contribution < 1.29 is 24.2 Å². The summed E-state index contributed by atoms with van der Waals surface area (Å²) in [6, 6.07) is 17.2. The second kappa shape index (κ2) is 11.4. The molecule has 1 saturated heterocycles. The van der Waals surface area contributed by atoms with Crippen LogP contribution < -0.4 is 15.0 Å². The Morgan fingerprint density at radius 2 is 1.75 bits per heavy atom. The van der Waals surface area contributed by atoms with E-state index in [0.717, 1.165) is 17.2 Å². The first kappa shape index (κ1) is 26.7. The van der Waals surface area contributed by atoms with Gasteiger partial charge in [0.1, 0.15) is 17.9 Å². The van der Waals surface area contributed by atoms with Crippen molar-refractivity contribution in [3.63, 3.8) is 0 Å². The molecule has 2 amide bonds. The fraction of sp³-hybridized carbons (Fsp3) is 0.0400. The van der Waals surface area contributed by atoms with Crippen LogP contribution in [0, 0.1) is 7.14 Å². The zero-order valence-corrected chi connectivity index (χ0v) is 24.8. The predicted molar refractivity (Wildman–Crippen MR) is 160 cm³/mol. The van der Waals surface area contributed by atoms with Crippen LogP contribution in [0.1, 0.15) is 21.5 Å². The Morgan fingerprint density at radius 3 is 2.36 bits per heavy atom. The molecule has 0 aromatic heterocycles. The third-order valence-electron chi connectivity index (χ3n) is 5.08.